The van der Waals surface area contributed by atoms with Crippen LogP contribution < -0.4 is 5.56 Å². The van der Waals surface area contributed by atoms with Crippen LogP contribution in [-0.2, 0) is 6.42 Å². The molecular formula is C14H15N3O3S. The van der Waals surface area contributed by atoms with Crippen LogP contribution in [0.5, 0.6) is 0 Å². The van der Waals surface area contributed by atoms with Gasteiger partial charge in [-0.15, -0.1) is 0 Å². The Hall–Kier alpha value is -2.15. The maximum atomic E-state index is 12.1. The van der Waals surface area contributed by atoms with E-state index in [0.717, 1.165) is 5.56 Å². The molecule has 1 heterocycles. The van der Waals surface area contributed by atoms with E-state index >= 15 is 0 Å². The summed E-state index contributed by atoms with van der Waals surface area (Å²) in [4.78, 5) is 29.6. The van der Waals surface area contributed by atoms with Crippen LogP contribution in [-0.4, -0.2) is 21.1 Å². The summed E-state index contributed by atoms with van der Waals surface area (Å²) in [5.41, 5.74) is 2.37. The molecule has 0 amide bonds. The van der Waals surface area contributed by atoms with E-state index in [1.54, 1.807) is 26.0 Å². The lowest BCUT2D eigenvalue weighted by molar-refractivity contribution is -0.385. The van der Waals surface area contributed by atoms with Gasteiger partial charge in [-0.3, -0.25) is 14.9 Å². The van der Waals surface area contributed by atoms with Crippen molar-refractivity contribution in [3.8, 4) is 0 Å². The highest BCUT2D eigenvalue weighted by atomic mass is 32.2. The molecule has 2 aromatic rings. The van der Waals surface area contributed by atoms with Gasteiger partial charge in [0.1, 0.15) is 0 Å². The van der Waals surface area contributed by atoms with Gasteiger partial charge in [-0.1, -0.05) is 23.9 Å². The summed E-state index contributed by atoms with van der Waals surface area (Å²) in [6.07, 6.45) is 2.16. The van der Waals surface area contributed by atoms with E-state index in [9.17, 15) is 14.9 Å². The number of aromatic nitrogens is 2. The zero-order chi connectivity index (χ0) is 15.6. The lowest BCUT2D eigenvalue weighted by Crippen LogP contribution is -2.17. The molecule has 0 spiro atoms. The number of nitrogens with one attached hydrogen (secondary N) is 1. The second-order valence-corrected chi connectivity index (χ2v) is 5.49. The van der Waals surface area contributed by atoms with Gasteiger partial charge in [0.05, 0.1) is 4.92 Å². The molecular weight excluding hydrogens is 290 g/mol. The summed E-state index contributed by atoms with van der Waals surface area (Å²) >= 11 is 1.36. The normalized spacial score (nSPS) is 10.6. The van der Waals surface area contributed by atoms with E-state index in [-0.39, 0.29) is 11.2 Å². The summed E-state index contributed by atoms with van der Waals surface area (Å²) < 4.78 is 0. The number of rotatable bonds is 4. The van der Waals surface area contributed by atoms with E-state index in [1.807, 2.05) is 6.26 Å². The molecule has 0 aliphatic rings. The number of nitro benzene ring substituents is 1. The van der Waals surface area contributed by atoms with Crippen LogP contribution in [0.25, 0.3) is 0 Å². The standard InChI is InChI=1S/C14H15N3O3S/c1-8-4-5-10(7-12(8)17(19)20)6-11-9(2)15-14(21-3)16-13(11)18/h4-5,7H,6H2,1-3H3,(H,15,16,18). The van der Waals surface area contributed by atoms with Gasteiger partial charge < -0.3 is 4.98 Å². The first kappa shape index (κ1) is 15.2. The first-order valence-electron chi connectivity index (χ1n) is 6.30. The Morgan fingerprint density at radius 3 is 2.67 bits per heavy atom. The summed E-state index contributed by atoms with van der Waals surface area (Å²) in [7, 11) is 0. The van der Waals surface area contributed by atoms with E-state index in [4.69, 9.17) is 0 Å². The average molecular weight is 305 g/mol. The van der Waals surface area contributed by atoms with Crippen LogP contribution in [0.15, 0.2) is 28.2 Å². The molecule has 1 N–H and O–H groups in total. The molecule has 0 atom stereocenters. The van der Waals surface area contributed by atoms with Crippen molar-refractivity contribution in [3.05, 3.63) is 61.1 Å². The van der Waals surface area contributed by atoms with Crippen molar-refractivity contribution in [2.75, 3.05) is 6.26 Å². The number of hydrogen-bond acceptors (Lipinski definition) is 5. The van der Waals surface area contributed by atoms with Crippen LogP contribution in [0.4, 0.5) is 5.69 Å². The predicted molar refractivity (Wildman–Crippen MR) is 82.0 cm³/mol. The predicted octanol–water partition coefficient (Wildman–Crippen LogP) is 2.61. The summed E-state index contributed by atoms with van der Waals surface area (Å²) in [6, 6.07) is 5.00. The van der Waals surface area contributed by atoms with Gasteiger partial charge >= 0.3 is 0 Å². The Bertz CT molecular complexity index is 756. The zero-order valence-electron chi connectivity index (χ0n) is 12.0. The fraction of sp³-hybridized carbons (Fsp3) is 0.286. The lowest BCUT2D eigenvalue weighted by Gasteiger charge is -2.07. The van der Waals surface area contributed by atoms with Crippen molar-refractivity contribution in [2.45, 2.75) is 25.4 Å². The van der Waals surface area contributed by atoms with Gasteiger partial charge in [0.2, 0.25) is 0 Å². The van der Waals surface area contributed by atoms with E-state index in [2.05, 4.69) is 9.97 Å². The molecule has 0 radical (unpaired) electrons. The molecule has 1 aromatic carbocycles. The second-order valence-electron chi connectivity index (χ2n) is 4.69. The summed E-state index contributed by atoms with van der Waals surface area (Å²) in [5.74, 6) is 0. The number of aromatic amines is 1. The van der Waals surface area contributed by atoms with Crippen molar-refractivity contribution >= 4 is 17.4 Å². The van der Waals surface area contributed by atoms with Crippen LogP contribution in [0.1, 0.15) is 22.4 Å². The van der Waals surface area contributed by atoms with Crippen LogP contribution in [0.2, 0.25) is 0 Å². The van der Waals surface area contributed by atoms with Gasteiger partial charge in [0, 0.05) is 29.3 Å². The topological polar surface area (TPSA) is 88.9 Å². The zero-order valence-corrected chi connectivity index (χ0v) is 12.8. The maximum Gasteiger partial charge on any atom is 0.272 e. The third-order valence-electron chi connectivity index (χ3n) is 3.25. The van der Waals surface area contributed by atoms with E-state index in [1.165, 1.54) is 17.8 Å². The Labute approximate surface area is 125 Å². The number of nitro groups is 1. The van der Waals surface area contributed by atoms with E-state index in [0.29, 0.717) is 28.4 Å². The molecule has 0 aliphatic heterocycles. The van der Waals surface area contributed by atoms with Crippen molar-refractivity contribution in [3.63, 3.8) is 0 Å². The number of aryl methyl sites for hydroxylation is 2. The third-order valence-corrected chi connectivity index (χ3v) is 3.83. The lowest BCUT2D eigenvalue weighted by atomic mass is 10.0. The number of nitrogens with zero attached hydrogens (tertiary/aromatic N) is 2. The minimum atomic E-state index is -0.412. The number of thioether (sulfide) groups is 1. The van der Waals surface area contributed by atoms with Crippen molar-refractivity contribution in [1.82, 2.24) is 9.97 Å². The Balaban J connectivity index is 2.41. The van der Waals surface area contributed by atoms with Gasteiger partial charge in [0.25, 0.3) is 11.2 Å². The Morgan fingerprint density at radius 2 is 2.10 bits per heavy atom. The van der Waals surface area contributed by atoms with E-state index < -0.39 is 4.92 Å². The third kappa shape index (κ3) is 3.30. The highest BCUT2D eigenvalue weighted by molar-refractivity contribution is 7.98. The second kappa shape index (κ2) is 6.09. The minimum Gasteiger partial charge on any atom is -0.301 e. The SMILES string of the molecule is CSc1nc(C)c(Cc2ccc(C)c([N+](=O)[O-])c2)c(=O)[nH]1. The first-order chi connectivity index (χ1) is 9.92. The molecule has 0 saturated heterocycles. The van der Waals surface area contributed by atoms with Crippen molar-refractivity contribution in [2.24, 2.45) is 0 Å². The molecule has 0 bridgehead atoms. The molecule has 2 rings (SSSR count). The number of hydrogen-bond donors (Lipinski definition) is 1. The number of benzene rings is 1. The van der Waals surface area contributed by atoms with Crippen LogP contribution in [0, 0.1) is 24.0 Å². The van der Waals surface area contributed by atoms with Crippen LogP contribution >= 0.6 is 11.8 Å². The molecule has 21 heavy (non-hydrogen) atoms. The Kier molecular flexibility index (Phi) is 4.42. The quantitative estimate of drug-likeness (QED) is 0.406. The van der Waals surface area contributed by atoms with Crippen molar-refractivity contribution in [1.29, 1.82) is 0 Å². The highest BCUT2D eigenvalue weighted by Gasteiger charge is 2.14. The smallest absolute Gasteiger partial charge is 0.272 e. The molecule has 110 valence electrons. The maximum absolute atomic E-state index is 12.1. The molecule has 0 saturated carbocycles. The van der Waals surface area contributed by atoms with Crippen molar-refractivity contribution < 1.29 is 4.92 Å². The monoisotopic (exact) mass is 305 g/mol. The molecule has 0 fully saturated rings. The largest absolute Gasteiger partial charge is 0.301 e. The van der Waals surface area contributed by atoms with Gasteiger partial charge in [-0.25, -0.2) is 4.98 Å². The number of H-pyrrole nitrogens is 1. The summed E-state index contributed by atoms with van der Waals surface area (Å²) in [6.45, 7) is 3.46. The van der Waals surface area contributed by atoms with Gasteiger partial charge in [0.15, 0.2) is 5.16 Å². The summed E-state index contributed by atoms with van der Waals surface area (Å²) in [5, 5.41) is 11.5. The van der Waals surface area contributed by atoms with Gasteiger partial charge in [-0.05, 0) is 25.7 Å². The van der Waals surface area contributed by atoms with Gasteiger partial charge in [-0.2, -0.15) is 0 Å². The fourth-order valence-corrected chi connectivity index (χ4v) is 2.48. The molecule has 1 aromatic heterocycles. The molecule has 6 nitrogen and oxygen atoms in total. The minimum absolute atomic E-state index is 0.0651. The molecule has 0 unspecified atom stereocenters. The Morgan fingerprint density at radius 1 is 1.38 bits per heavy atom. The molecule has 0 aliphatic carbocycles. The highest BCUT2D eigenvalue weighted by Crippen LogP contribution is 2.21. The fourth-order valence-electron chi connectivity index (χ4n) is 2.06. The molecule has 7 heteroatoms. The average Bonchev–Trinajstić information content (AvgIpc) is 2.43. The first-order valence-corrected chi connectivity index (χ1v) is 7.52. The van der Waals surface area contributed by atoms with Crippen LogP contribution in [0.3, 0.4) is 0 Å².